The van der Waals surface area contributed by atoms with Crippen molar-refractivity contribution in [1.82, 2.24) is 4.72 Å². The number of carboxylic acid groups (broad SMARTS) is 1. The zero-order valence-corrected chi connectivity index (χ0v) is 12.6. The van der Waals surface area contributed by atoms with Gasteiger partial charge in [-0.25, -0.2) is 8.42 Å². The SMILES string of the molecule is O=C(O)C1(NS(=O)(=O)c2ccc(Br)s2)CCCC1. The molecule has 18 heavy (non-hydrogen) atoms. The number of halogens is 1. The van der Waals surface area contributed by atoms with E-state index in [0.717, 1.165) is 24.2 Å². The van der Waals surface area contributed by atoms with E-state index in [1.165, 1.54) is 6.07 Å². The average Bonchev–Trinajstić information content (AvgIpc) is 2.87. The van der Waals surface area contributed by atoms with Crippen molar-refractivity contribution in [1.29, 1.82) is 0 Å². The fourth-order valence-electron chi connectivity index (χ4n) is 2.09. The molecule has 100 valence electrons. The van der Waals surface area contributed by atoms with E-state index in [0.29, 0.717) is 16.6 Å². The lowest BCUT2D eigenvalue weighted by Crippen LogP contribution is -2.52. The average molecular weight is 354 g/mol. The first-order valence-electron chi connectivity index (χ1n) is 5.38. The molecule has 0 amide bonds. The summed E-state index contributed by atoms with van der Waals surface area (Å²) in [6, 6.07) is 3.09. The van der Waals surface area contributed by atoms with Gasteiger partial charge in [-0.3, -0.25) is 4.79 Å². The molecule has 1 fully saturated rings. The Morgan fingerprint density at radius 1 is 1.39 bits per heavy atom. The van der Waals surface area contributed by atoms with Gasteiger partial charge in [0.05, 0.1) is 3.79 Å². The van der Waals surface area contributed by atoms with E-state index < -0.39 is 21.5 Å². The molecule has 2 N–H and O–H groups in total. The van der Waals surface area contributed by atoms with Crippen LogP contribution in [-0.2, 0) is 14.8 Å². The van der Waals surface area contributed by atoms with Gasteiger partial charge >= 0.3 is 5.97 Å². The minimum atomic E-state index is -3.77. The zero-order chi connectivity index (χ0) is 13.4. The number of sulfonamides is 1. The molecule has 1 heterocycles. The maximum absolute atomic E-state index is 12.1. The van der Waals surface area contributed by atoms with Crippen LogP contribution in [0.25, 0.3) is 0 Å². The zero-order valence-electron chi connectivity index (χ0n) is 9.35. The van der Waals surface area contributed by atoms with Crippen molar-refractivity contribution in [3.8, 4) is 0 Å². The molecule has 0 aliphatic heterocycles. The second kappa shape index (κ2) is 4.92. The maximum Gasteiger partial charge on any atom is 0.324 e. The molecular weight excluding hydrogens is 342 g/mol. The van der Waals surface area contributed by atoms with Gasteiger partial charge in [0.2, 0.25) is 0 Å². The normalized spacial score (nSPS) is 18.9. The fourth-order valence-corrected chi connectivity index (χ4v) is 5.52. The van der Waals surface area contributed by atoms with Gasteiger partial charge in [0.1, 0.15) is 9.75 Å². The van der Waals surface area contributed by atoms with Crippen molar-refractivity contribution < 1.29 is 18.3 Å². The van der Waals surface area contributed by atoms with Crippen LogP contribution in [0.15, 0.2) is 20.1 Å². The Labute approximate surface area is 117 Å². The van der Waals surface area contributed by atoms with Crippen molar-refractivity contribution in [2.45, 2.75) is 35.4 Å². The summed E-state index contributed by atoms with van der Waals surface area (Å²) in [4.78, 5) is 11.3. The highest BCUT2D eigenvalue weighted by Gasteiger charge is 2.44. The molecule has 1 saturated carbocycles. The summed E-state index contributed by atoms with van der Waals surface area (Å²) in [5.74, 6) is -1.10. The van der Waals surface area contributed by atoms with Gasteiger partial charge in [-0.05, 0) is 40.9 Å². The molecule has 0 radical (unpaired) electrons. The smallest absolute Gasteiger partial charge is 0.324 e. The molecule has 0 bridgehead atoms. The van der Waals surface area contributed by atoms with Gasteiger partial charge in [-0.2, -0.15) is 4.72 Å². The molecule has 8 heteroatoms. The van der Waals surface area contributed by atoms with Crippen molar-refractivity contribution in [2.24, 2.45) is 0 Å². The van der Waals surface area contributed by atoms with E-state index >= 15 is 0 Å². The molecule has 1 aromatic heterocycles. The minimum Gasteiger partial charge on any atom is -0.480 e. The summed E-state index contributed by atoms with van der Waals surface area (Å²) in [5.41, 5.74) is -1.34. The molecule has 5 nitrogen and oxygen atoms in total. The Morgan fingerprint density at radius 3 is 2.44 bits per heavy atom. The lowest BCUT2D eigenvalue weighted by atomic mass is 10.0. The van der Waals surface area contributed by atoms with Crippen molar-refractivity contribution in [3.05, 3.63) is 15.9 Å². The van der Waals surface area contributed by atoms with E-state index in [-0.39, 0.29) is 4.21 Å². The Kier molecular flexibility index (Phi) is 3.82. The third-order valence-corrected chi connectivity index (χ3v) is 6.66. The Hall–Kier alpha value is -0.440. The molecular formula is C10H12BrNO4S2. The first-order valence-corrected chi connectivity index (χ1v) is 8.48. The monoisotopic (exact) mass is 353 g/mol. The van der Waals surface area contributed by atoms with Crippen molar-refractivity contribution in [3.63, 3.8) is 0 Å². The number of carboxylic acids is 1. The number of hydrogen-bond donors (Lipinski definition) is 2. The minimum absolute atomic E-state index is 0.127. The highest BCUT2D eigenvalue weighted by atomic mass is 79.9. The predicted molar refractivity (Wildman–Crippen MR) is 71.2 cm³/mol. The number of hydrogen-bond acceptors (Lipinski definition) is 4. The maximum atomic E-state index is 12.1. The van der Waals surface area contributed by atoms with Crippen LogP contribution in [0, 0.1) is 0 Å². The van der Waals surface area contributed by atoms with E-state index in [2.05, 4.69) is 20.7 Å². The number of thiophene rings is 1. The van der Waals surface area contributed by atoms with Crippen LogP contribution in [0.5, 0.6) is 0 Å². The van der Waals surface area contributed by atoms with Crippen LogP contribution < -0.4 is 4.72 Å². The Morgan fingerprint density at radius 2 is 2.00 bits per heavy atom. The van der Waals surface area contributed by atoms with E-state index in [1.54, 1.807) is 6.07 Å². The summed E-state index contributed by atoms with van der Waals surface area (Å²) < 4.78 is 27.4. The van der Waals surface area contributed by atoms with Crippen LogP contribution in [0.2, 0.25) is 0 Å². The summed E-state index contributed by atoms with van der Waals surface area (Å²) >= 11 is 4.25. The summed E-state index contributed by atoms with van der Waals surface area (Å²) in [5, 5.41) is 9.25. The largest absolute Gasteiger partial charge is 0.480 e. The van der Waals surface area contributed by atoms with Crippen LogP contribution >= 0.6 is 27.3 Å². The predicted octanol–water partition coefficient (Wildman–Crippen LogP) is 2.19. The third kappa shape index (κ3) is 2.61. The Balaban J connectivity index is 2.29. The van der Waals surface area contributed by atoms with E-state index in [9.17, 15) is 18.3 Å². The number of carbonyl (C=O) groups is 1. The molecule has 1 aliphatic carbocycles. The molecule has 0 unspecified atom stereocenters. The van der Waals surface area contributed by atoms with E-state index in [4.69, 9.17) is 0 Å². The highest BCUT2D eigenvalue weighted by molar-refractivity contribution is 9.11. The van der Waals surface area contributed by atoms with Crippen LogP contribution in [0.4, 0.5) is 0 Å². The Bertz CT molecular complexity index is 560. The van der Waals surface area contributed by atoms with Gasteiger partial charge in [0.25, 0.3) is 10.0 Å². The molecule has 0 atom stereocenters. The van der Waals surface area contributed by atoms with Gasteiger partial charge in [0, 0.05) is 0 Å². The van der Waals surface area contributed by atoms with Crippen LogP contribution in [0.3, 0.4) is 0 Å². The summed E-state index contributed by atoms with van der Waals surface area (Å²) in [6.45, 7) is 0. The topological polar surface area (TPSA) is 83.5 Å². The molecule has 2 rings (SSSR count). The van der Waals surface area contributed by atoms with Crippen LogP contribution in [0.1, 0.15) is 25.7 Å². The van der Waals surface area contributed by atoms with E-state index in [1.807, 2.05) is 0 Å². The lowest BCUT2D eigenvalue weighted by Gasteiger charge is -2.24. The first-order chi connectivity index (χ1) is 8.36. The quantitative estimate of drug-likeness (QED) is 0.868. The summed E-state index contributed by atoms with van der Waals surface area (Å²) in [6.07, 6.45) is 2.13. The van der Waals surface area contributed by atoms with Crippen LogP contribution in [-0.4, -0.2) is 25.0 Å². The highest BCUT2D eigenvalue weighted by Crippen LogP contribution is 2.33. The number of rotatable bonds is 4. The van der Waals surface area contributed by atoms with Crippen molar-refractivity contribution >= 4 is 43.3 Å². The van der Waals surface area contributed by atoms with Gasteiger partial charge < -0.3 is 5.11 Å². The molecule has 0 saturated heterocycles. The lowest BCUT2D eigenvalue weighted by molar-refractivity contribution is -0.143. The second-order valence-electron chi connectivity index (χ2n) is 4.26. The van der Waals surface area contributed by atoms with Gasteiger partial charge in [-0.15, -0.1) is 11.3 Å². The van der Waals surface area contributed by atoms with Gasteiger partial charge in [-0.1, -0.05) is 12.8 Å². The van der Waals surface area contributed by atoms with Gasteiger partial charge in [0.15, 0.2) is 0 Å². The molecule has 1 aromatic rings. The fraction of sp³-hybridized carbons (Fsp3) is 0.500. The third-order valence-electron chi connectivity index (χ3n) is 3.01. The molecule has 0 spiro atoms. The molecule has 1 aliphatic rings. The first kappa shape index (κ1) is 14.0. The van der Waals surface area contributed by atoms with Crippen molar-refractivity contribution in [2.75, 3.05) is 0 Å². The number of nitrogens with one attached hydrogen (secondary N) is 1. The summed E-state index contributed by atoms with van der Waals surface area (Å²) in [7, 11) is -3.77. The second-order valence-corrected chi connectivity index (χ2v) is 8.63. The number of aliphatic carboxylic acids is 1. The standard InChI is InChI=1S/C10H12BrNO4S2/c11-7-3-4-8(17-7)18(15,16)12-10(9(13)14)5-1-2-6-10/h3-4,12H,1-2,5-6H2,(H,13,14). The molecule has 0 aromatic carbocycles.